The number of furan rings is 1. The molecule has 98 valence electrons. The predicted molar refractivity (Wildman–Crippen MR) is 63.0 cm³/mol. The molecule has 2 atom stereocenters. The van der Waals surface area contributed by atoms with Crippen LogP contribution in [0.5, 0.6) is 0 Å². The number of nitrogens with two attached hydrogens (primary N) is 1. The first-order chi connectivity index (χ1) is 8.49. The third-order valence-electron chi connectivity index (χ3n) is 3.24. The van der Waals surface area contributed by atoms with Gasteiger partial charge in [0, 0.05) is 19.1 Å². The molecule has 0 bridgehead atoms. The van der Waals surface area contributed by atoms with E-state index in [1.165, 1.54) is 12.1 Å². The number of nitro groups is 1. The van der Waals surface area contributed by atoms with Gasteiger partial charge in [0.25, 0.3) is 5.91 Å². The molecule has 1 aromatic rings. The summed E-state index contributed by atoms with van der Waals surface area (Å²) in [5, 5.41) is 10.5. The number of carbonyl (C=O) groups is 1. The van der Waals surface area contributed by atoms with Gasteiger partial charge in [-0.15, -0.1) is 0 Å². The first-order valence-electron chi connectivity index (χ1n) is 5.78. The zero-order chi connectivity index (χ0) is 13.3. The highest BCUT2D eigenvalue weighted by Gasteiger charge is 2.29. The Morgan fingerprint density at radius 1 is 1.61 bits per heavy atom. The van der Waals surface area contributed by atoms with Crippen LogP contribution in [0.1, 0.15) is 23.9 Å². The minimum absolute atomic E-state index is 0.00405. The molecule has 1 saturated heterocycles. The summed E-state index contributed by atoms with van der Waals surface area (Å²) >= 11 is 0. The van der Waals surface area contributed by atoms with Crippen LogP contribution in [0, 0.1) is 16.0 Å². The maximum Gasteiger partial charge on any atom is 0.433 e. The maximum atomic E-state index is 12.1. The second-order valence-electron chi connectivity index (χ2n) is 4.58. The molecule has 2 N–H and O–H groups in total. The fourth-order valence-corrected chi connectivity index (χ4v) is 2.04. The van der Waals surface area contributed by atoms with Gasteiger partial charge in [-0.3, -0.25) is 14.9 Å². The fourth-order valence-electron chi connectivity index (χ4n) is 2.04. The van der Waals surface area contributed by atoms with Crippen LogP contribution < -0.4 is 5.73 Å². The molecular weight excluding hydrogens is 238 g/mol. The SMILES string of the molecule is CC1CN(C(=O)c2ccc([N+](=O)[O-])o2)CCC1N. The van der Waals surface area contributed by atoms with Crippen LogP contribution in [-0.4, -0.2) is 34.9 Å². The molecule has 0 radical (unpaired) electrons. The summed E-state index contributed by atoms with van der Waals surface area (Å²) in [6.07, 6.45) is 0.732. The lowest BCUT2D eigenvalue weighted by atomic mass is 9.95. The van der Waals surface area contributed by atoms with E-state index in [2.05, 4.69) is 0 Å². The Balaban J connectivity index is 2.09. The number of hydrogen-bond acceptors (Lipinski definition) is 5. The van der Waals surface area contributed by atoms with Crippen LogP contribution in [-0.2, 0) is 0 Å². The van der Waals surface area contributed by atoms with Crippen molar-refractivity contribution in [3.63, 3.8) is 0 Å². The number of rotatable bonds is 2. The van der Waals surface area contributed by atoms with E-state index in [1.807, 2.05) is 6.92 Å². The molecule has 2 unspecified atom stereocenters. The van der Waals surface area contributed by atoms with E-state index >= 15 is 0 Å². The van der Waals surface area contributed by atoms with Crippen LogP contribution in [0.3, 0.4) is 0 Å². The molecule has 0 spiro atoms. The minimum Gasteiger partial charge on any atom is -0.395 e. The third-order valence-corrected chi connectivity index (χ3v) is 3.24. The van der Waals surface area contributed by atoms with Crippen molar-refractivity contribution in [1.82, 2.24) is 4.90 Å². The topological polar surface area (TPSA) is 103 Å². The highest BCUT2D eigenvalue weighted by molar-refractivity contribution is 5.91. The van der Waals surface area contributed by atoms with Crippen LogP contribution in [0.4, 0.5) is 5.88 Å². The Kier molecular flexibility index (Phi) is 3.33. The van der Waals surface area contributed by atoms with Gasteiger partial charge in [0.05, 0.1) is 6.07 Å². The molecule has 1 amide bonds. The average molecular weight is 253 g/mol. The van der Waals surface area contributed by atoms with Gasteiger partial charge in [-0.05, 0) is 18.4 Å². The number of amides is 1. The lowest BCUT2D eigenvalue weighted by Crippen LogP contribution is -2.48. The first kappa shape index (κ1) is 12.6. The number of likely N-dealkylation sites (tertiary alicyclic amines) is 1. The normalized spacial score (nSPS) is 24.0. The number of hydrogen-bond donors (Lipinski definition) is 1. The van der Waals surface area contributed by atoms with Crippen molar-refractivity contribution in [2.24, 2.45) is 11.7 Å². The van der Waals surface area contributed by atoms with Crippen molar-refractivity contribution in [2.45, 2.75) is 19.4 Å². The van der Waals surface area contributed by atoms with E-state index in [0.29, 0.717) is 13.1 Å². The lowest BCUT2D eigenvalue weighted by Gasteiger charge is -2.34. The van der Waals surface area contributed by atoms with Crippen molar-refractivity contribution in [3.8, 4) is 0 Å². The van der Waals surface area contributed by atoms with E-state index in [-0.39, 0.29) is 23.6 Å². The molecule has 7 nitrogen and oxygen atoms in total. The van der Waals surface area contributed by atoms with Gasteiger partial charge in [-0.2, -0.15) is 0 Å². The first-order valence-corrected chi connectivity index (χ1v) is 5.78. The molecule has 0 saturated carbocycles. The Hall–Kier alpha value is -1.89. The van der Waals surface area contributed by atoms with E-state index in [0.717, 1.165) is 6.42 Å². The smallest absolute Gasteiger partial charge is 0.395 e. The molecule has 18 heavy (non-hydrogen) atoms. The molecule has 0 aliphatic carbocycles. The summed E-state index contributed by atoms with van der Waals surface area (Å²) in [4.78, 5) is 23.5. The van der Waals surface area contributed by atoms with E-state index in [1.54, 1.807) is 4.90 Å². The summed E-state index contributed by atoms with van der Waals surface area (Å²) in [6, 6.07) is 2.62. The van der Waals surface area contributed by atoms with Gasteiger partial charge < -0.3 is 15.1 Å². The van der Waals surface area contributed by atoms with Crippen LogP contribution in [0.15, 0.2) is 16.5 Å². The highest BCUT2D eigenvalue weighted by Crippen LogP contribution is 2.21. The van der Waals surface area contributed by atoms with Gasteiger partial charge >= 0.3 is 5.88 Å². The van der Waals surface area contributed by atoms with Crippen molar-refractivity contribution >= 4 is 11.8 Å². The van der Waals surface area contributed by atoms with E-state index in [9.17, 15) is 14.9 Å². The summed E-state index contributed by atoms with van der Waals surface area (Å²) < 4.78 is 4.90. The van der Waals surface area contributed by atoms with Gasteiger partial charge in [0.15, 0.2) is 5.76 Å². The van der Waals surface area contributed by atoms with Crippen molar-refractivity contribution in [3.05, 3.63) is 28.0 Å². The molecule has 0 aromatic carbocycles. The lowest BCUT2D eigenvalue weighted by molar-refractivity contribution is -0.402. The van der Waals surface area contributed by atoms with Gasteiger partial charge in [0.2, 0.25) is 0 Å². The summed E-state index contributed by atoms with van der Waals surface area (Å²) in [5.74, 6) is -0.515. The monoisotopic (exact) mass is 253 g/mol. The number of carbonyl (C=O) groups excluding carboxylic acids is 1. The minimum atomic E-state index is -0.661. The zero-order valence-electron chi connectivity index (χ0n) is 10.0. The molecular formula is C11H15N3O4. The van der Waals surface area contributed by atoms with Gasteiger partial charge in [-0.25, -0.2) is 0 Å². The van der Waals surface area contributed by atoms with Crippen LogP contribution in [0.25, 0.3) is 0 Å². The highest BCUT2D eigenvalue weighted by atomic mass is 16.6. The third kappa shape index (κ3) is 2.35. The molecule has 1 aliphatic rings. The molecule has 1 aromatic heterocycles. The quantitative estimate of drug-likeness (QED) is 0.625. The van der Waals surface area contributed by atoms with Gasteiger partial charge in [0.1, 0.15) is 4.92 Å². The standard InChI is InChI=1S/C11H15N3O4/c1-7-6-13(5-4-8(7)12)11(15)9-2-3-10(18-9)14(16)17/h2-3,7-8H,4-6,12H2,1H3. The Bertz CT molecular complexity index is 471. The molecule has 7 heteroatoms. The maximum absolute atomic E-state index is 12.1. The Labute approximate surface area is 104 Å². The second-order valence-corrected chi connectivity index (χ2v) is 4.58. The summed E-state index contributed by atoms with van der Waals surface area (Å²) in [7, 11) is 0. The van der Waals surface area contributed by atoms with Crippen molar-refractivity contribution in [1.29, 1.82) is 0 Å². The average Bonchev–Trinajstić information content (AvgIpc) is 2.81. The summed E-state index contributed by atoms with van der Waals surface area (Å²) in [6.45, 7) is 3.09. The Morgan fingerprint density at radius 3 is 2.89 bits per heavy atom. The van der Waals surface area contributed by atoms with E-state index in [4.69, 9.17) is 10.2 Å². The molecule has 1 fully saturated rings. The van der Waals surface area contributed by atoms with Crippen molar-refractivity contribution < 1.29 is 14.1 Å². The predicted octanol–water partition coefficient (Wildman–Crippen LogP) is 0.997. The largest absolute Gasteiger partial charge is 0.433 e. The van der Waals surface area contributed by atoms with Crippen molar-refractivity contribution in [2.75, 3.05) is 13.1 Å². The van der Waals surface area contributed by atoms with Gasteiger partial charge in [-0.1, -0.05) is 6.92 Å². The number of nitrogens with zero attached hydrogens (tertiary/aromatic N) is 2. The number of piperidine rings is 1. The molecule has 1 aliphatic heterocycles. The molecule has 2 heterocycles. The summed E-state index contributed by atoms with van der Waals surface area (Å²) in [5.41, 5.74) is 5.87. The van der Waals surface area contributed by atoms with Crippen LogP contribution >= 0.6 is 0 Å². The van der Waals surface area contributed by atoms with E-state index < -0.39 is 10.8 Å². The van der Waals surface area contributed by atoms with Crippen LogP contribution in [0.2, 0.25) is 0 Å². The fraction of sp³-hybridized carbons (Fsp3) is 0.545. The zero-order valence-corrected chi connectivity index (χ0v) is 10.0. The molecule has 2 rings (SSSR count). The second kappa shape index (κ2) is 4.77. The Morgan fingerprint density at radius 2 is 2.33 bits per heavy atom.